The average molecular weight is 380 g/mol. The van der Waals surface area contributed by atoms with Crippen LogP contribution in [0.25, 0.3) is 16.3 Å². The van der Waals surface area contributed by atoms with Crippen molar-refractivity contribution in [3.05, 3.63) is 70.5 Å². The highest BCUT2D eigenvalue weighted by Crippen LogP contribution is 2.19. The van der Waals surface area contributed by atoms with E-state index in [1.165, 1.54) is 24.5 Å². The number of aryl methyl sites for hydroxylation is 2. The van der Waals surface area contributed by atoms with Gasteiger partial charge in [0.05, 0.1) is 23.7 Å². The van der Waals surface area contributed by atoms with E-state index in [-0.39, 0.29) is 18.3 Å². The third-order valence-corrected chi connectivity index (χ3v) is 5.07. The van der Waals surface area contributed by atoms with Gasteiger partial charge in [0.25, 0.3) is 5.91 Å². The van der Waals surface area contributed by atoms with Crippen LogP contribution in [0.15, 0.2) is 59.6 Å². The predicted molar refractivity (Wildman–Crippen MR) is 107 cm³/mol. The molecular formula is C21H20N2O3S. The van der Waals surface area contributed by atoms with Gasteiger partial charge in [0.2, 0.25) is 0 Å². The molecule has 3 aromatic rings. The summed E-state index contributed by atoms with van der Waals surface area (Å²) in [6.45, 7) is 2.42. The molecule has 0 atom stereocenters. The number of hydrogen-bond donors (Lipinski definition) is 0. The first-order chi connectivity index (χ1) is 13.1. The fraction of sp³-hybridized carbons (Fsp3) is 0.190. The highest BCUT2D eigenvalue weighted by molar-refractivity contribution is 7.16. The predicted octanol–water partition coefficient (Wildman–Crippen LogP) is 3.72. The topological polar surface area (TPSA) is 60.7 Å². The molecule has 0 radical (unpaired) electrons. The molecule has 0 saturated heterocycles. The summed E-state index contributed by atoms with van der Waals surface area (Å²) in [5, 5.41) is 0. The maximum atomic E-state index is 12.3. The van der Waals surface area contributed by atoms with Crippen molar-refractivity contribution >= 4 is 39.5 Å². The van der Waals surface area contributed by atoms with Gasteiger partial charge in [-0.05, 0) is 36.3 Å². The van der Waals surface area contributed by atoms with Crippen LogP contribution in [0.2, 0.25) is 0 Å². The quantitative estimate of drug-likeness (QED) is 0.501. The Labute approximate surface area is 161 Å². The van der Waals surface area contributed by atoms with Gasteiger partial charge in [-0.1, -0.05) is 47.7 Å². The monoisotopic (exact) mass is 380 g/mol. The molecular weight excluding hydrogens is 360 g/mol. The first-order valence-corrected chi connectivity index (χ1v) is 9.37. The van der Waals surface area contributed by atoms with Crippen molar-refractivity contribution < 1.29 is 14.3 Å². The third-order valence-electron chi connectivity index (χ3n) is 4.03. The summed E-state index contributed by atoms with van der Waals surface area (Å²) >= 11 is 1.44. The van der Waals surface area contributed by atoms with Gasteiger partial charge in [-0.15, -0.1) is 0 Å². The average Bonchev–Trinajstić information content (AvgIpc) is 3.01. The molecule has 2 aromatic carbocycles. The number of rotatable bonds is 5. The second-order valence-electron chi connectivity index (χ2n) is 6.03. The van der Waals surface area contributed by atoms with Gasteiger partial charge >= 0.3 is 5.97 Å². The van der Waals surface area contributed by atoms with Crippen molar-refractivity contribution in [3.8, 4) is 0 Å². The first kappa shape index (κ1) is 18.8. The Morgan fingerprint density at radius 3 is 2.70 bits per heavy atom. The summed E-state index contributed by atoms with van der Waals surface area (Å²) in [6, 6.07) is 15.6. The largest absolute Gasteiger partial charge is 0.469 e. The Bertz CT molecular complexity index is 1060. The zero-order valence-corrected chi connectivity index (χ0v) is 16.0. The van der Waals surface area contributed by atoms with E-state index in [9.17, 15) is 9.59 Å². The number of methoxy groups -OCH3 is 1. The molecule has 0 N–H and O–H groups in total. The lowest BCUT2D eigenvalue weighted by molar-refractivity contribution is -0.140. The van der Waals surface area contributed by atoms with Crippen molar-refractivity contribution in [1.29, 1.82) is 0 Å². The maximum Gasteiger partial charge on any atom is 0.307 e. The van der Waals surface area contributed by atoms with Crippen molar-refractivity contribution in [2.45, 2.75) is 19.9 Å². The van der Waals surface area contributed by atoms with Crippen LogP contribution in [0.1, 0.15) is 17.5 Å². The molecule has 5 nitrogen and oxygen atoms in total. The first-order valence-electron chi connectivity index (χ1n) is 8.55. The van der Waals surface area contributed by atoms with Crippen LogP contribution in [0.3, 0.4) is 0 Å². The van der Waals surface area contributed by atoms with E-state index in [1.807, 2.05) is 54.0 Å². The lowest BCUT2D eigenvalue weighted by Gasteiger charge is -2.04. The number of carbonyl (C=O) groups is 2. The zero-order chi connectivity index (χ0) is 19.2. The van der Waals surface area contributed by atoms with Gasteiger partial charge in [-0.2, -0.15) is 4.99 Å². The van der Waals surface area contributed by atoms with Crippen molar-refractivity contribution in [3.63, 3.8) is 0 Å². The maximum absolute atomic E-state index is 12.3. The molecule has 1 aromatic heterocycles. The molecule has 0 fully saturated rings. The van der Waals surface area contributed by atoms with Crippen molar-refractivity contribution in [2.75, 3.05) is 7.11 Å². The summed E-state index contributed by atoms with van der Waals surface area (Å²) in [6.07, 6.45) is 3.41. The summed E-state index contributed by atoms with van der Waals surface area (Å²) in [5.74, 6) is -0.635. The Balaban J connectivity index is 1.95. The third kappa shape index (κ3) is 4.80. The normalized spacial score (nSPS) is 12.0. The number of esters is 1. The molecule has 6 heteroatoms. The van der Waals surface area contributed by atoms with Crippen LogP contribution in [-0.2, 0) is 20.9 Å². The number of fused-ring (bicyclic) bond motifs is 1. The number of ether oxygens (including phenoxy) is 1. The summed E-state index contributed by atoms with van der Waals surface area (Å²) in [5.41, 5.74) is 3.02. The lowest BCUT2D eigenvalue weighted by atomic mass is 10.2. The summed E-state index contributed by atoms with van der Waals surface area (Å²) < 4.78 is 7.65. The highest BCUT2D eigenvalue weighted by Gasteiger charge is 2.09. The Kier molecular flexibility index (Phi) is 5.98. The summed E-state index contributed by atoms with van der Waals surface area (Å²) in [4.78, 5) is 28.7. The van der Waals surface area contributed by atoms with Gasteiger partial charge in [0.1, 0.15) is 0 Å². The van der Waals surface area contributed by atoms with Gasteiger partial charge in [-0.25, -0.2) is 0 Å². The molecule has 0 aliphatic carbocycles. The van der Waals surface area contributed by atoms with E-state index in [0.717, 1.165) is 21.3 Å². The van der Waals surface area contributed by atoms with E-state index in [0.29, 0.717) is 11.3 Å². The number of thiazole rings is 1. The Morgan fingerprint density at radius 2 is 1.96 bits per heavy atom. The fourth-order valence-electron chi connectivity index (χ4n) is 2.65. The molecule has 0 spiro atoms. The Hall–Kier alpha value is -2.99. The van der Waals surface area contributed by atoms with Crippen LogP contribution >= 0.6 is 11.3 Å². The fourth-order valence-corrected chi connectivity index (χ4v) is 3.81. The van der Waals surface area contributed by atoms with Crippen molar-refractivity contribution in [2.24, 2.45) is 4.99 Å². The molecule has 0 unspecified atom stereocenters. The molecule has 138 valence electrons. The molecule has 3 rings (SSSR count). The van der Waals surface area contributed by atoms with Gasteiger partial charge < -0.3 is 9.30 Å². The lowest BCUT2D eigenvalue weighted by Crippen LogP contribution is -2.18. The minimum absolute atomic E-state index is 0.220. The summed E-state index contributed by atoms with van der Waals surface area (Å²) in [7, 11) is 1.37. The molecule has 1 amide bonds. The molecule has 0 bridgehead atoms. The van der Waals surface area contributed by atoms with Crippen LogP contribution in [-0.4, -0.2) is 23.6 Å². The van der Waals surface area contributed by atoms with Crippen LogP contribution in [0.4, 0.5) is 0 Å². The van der Waals surface area contributed by atoms with E-state index in [2.05, 4.69) is 11.1 Å². The number of nitrogens with zero attached hydrogens (tertiary/aromatic N) is 2. The van der Waals surface area contributed by atoms with E-state index in [4.69, 9.17) is 4.74 Å². The molecule has 0 aliphatic rings. The molecule has 27 heavy (non-hydrogen) atoms. The van der Waals surface area contributed by atoms with E-state index in [1.54, 1.807) is 6.08 Å². The Morgan fingerprint density at radius 1 is 1.19 bits per heavy atom. The number of aromatic nitrogens is 1. The van der Waals surface area contributed by atoms with E-state index >= 15 is 0 Å². The van der Waals surface area contributed by atoms with Gasteiger partial charge in [-0.3, -0.25) is 9.59 Å². The smallest absolute Gasteiger partial charge is 0.307 e. The van der Waals surface area contributed by atoms with E-state index < -0.39 is 0 Å². The minimum atomic E-state index is -0.339. The van der Waals surface area contributed by atoms with Crippen LogP contribution in [0.5, 0.6) is 0 Å². The number of amides is 1. The second kappa shape index (κ2) is 8.60. The number of benzene rings is 2. The number of carbonyl (C=O) groups excluding carboxylic acids is 2. The zero-order valence-electron chi connectivity index (χ0n) is 15.2. The van der Waals surface area contributed by atoms with Crippen LogP contribution < -0.4 is 4.80 Å². The minimum Gasteiger partial charge on any atom is -0.469 e. The van der Waals surface area contributed by atoms with Crippen molar-refractivity contribution in [1.82, 2.24) is 4.57 Å². The van der Waals surface area contributed by atoms with Crippen LogP contribution in [0, 0.1) is 6.92 Å². The van der Waals surface area contributed by atoms with Gasteiger partial charge in [0, 0.05) is 12.6 Å². The second-order valence-corrected chi connectivity index (χ2v) is 7.04. The number of hydrogen-bond acceptors (Lipinski definition) is 4. The van der Waals surface area contributed by atoms with Gasteiger partial charge in [0.15, 0.2) is 4.80 Å². The molecule has 1 heterocycles. The molecule has 0 saturated carbocycles. The molecule has 0 aliphatic heterocycles. The SMILES string of the molecule is COC(=O)CCn1c(=NC(=O)/C=C/c2ccccc2)sc2cc(C)ccc21. The standard InChI is InChI=1S/C21H20N2O3S/c1-15-8-10-17-18(14-15)27-21(23(17)13-12-20(25)26-2)22-19(24)11-9-16-6-4-3-5-7-16/h3-11,14H,12-13H2,1-2H3/b11-9+,22-21?. The highest BCUT2D eigenvalue weighted by atomic mass is 32.1.